The Bertz CT molecular complexity index is 650. The molecule has 0 amide bonds. The lowest BCUT2D eigenvalue weighted by molar-refractivity contribution is 0.552. The molecule has 1 aromatic rings. The van der Waals surface area contributed by atoms with Gasteiger partial charge in [-0.15, -0.1) is 0 Å². The van der Waals surface area contributed by atoms with Gasteiger partial charge in [-0.2, -0.15) is 17.0 Å². The summed E-state index contributed by atoms with van der Waals surface area (Å²) < 4.78 is 27.8. The van der Waals surface area contributed by atoms with Crippen LogP contribution in [0.1, 0.15) is 37.3 Å². The Morgan fingerprint density at radius 2 is 2.19 bits per heavy atom. The largest absolute Gasteiger partial charge is 0.241 e. The fourth-order valence-electron chi connectivity index (χ4n) is 2.74. The van der Waals surface area contributed by atoms with E-state index in [1.165, 1.54) is 6.07 Å². The third-order valence-electron chi connectivity index (χ3n) is 3.70. The van der Waals surface area contributed by atoms with Crippen LogP contribution in [0.3, 0.4) is 0 Å². The summed E-state index contributed by atoms with van der Waals surface area (Å²) in [6, 6.07) is 6.72. The molecule has 1 aliphatic carbocycles. The van der Waals surface area contributed by atoms with Crippen LogP contribution < -0.4 is 4.72 Å². The van der Waals surface area contributed by atoms with E-state index >= 15 is 0 Å². The van der Waals surface area contributed by atoms with Crippen molar-refractivity contribution in [2.24, 2.45) is 0 Å². The van der Waals surface area contributed by atoms with Gasteiger partial charge in [0, 0.05) is 11.3 Å². The summed E-state index contributed by atoms with van der Waals surface area (Å²) in [6.45, 7) is 3.85. The zero-order valence-corrected chi connectivity index (χ0v) is 13.9. The summed E-state index contributed by atoms with van der Waals surface area (Å²) in [5.41, 5.74) is 1.09. The second kappa shape index (κ2) is 6.82. The number of sulfonamides is 1. The second-order valence-electron chi connectivity index (χ2n) is 5.30. The van der Waals surface area contributed by atoms with E-state index < -0.39 is 10.0 Å². The van der Waals surface area contributed by atoms with Gasteiger partial charge in [0.15, 0.2) is 0 Å². The third kappa shape index (κ3) is 4.00. The van der Waals surface area contributed by atoms with E-state index in [2.05, 4.69) is 11.6 Å². The van der Waals surface area contributed by atoms with Crippen molar-refractivity contribution in [1.82, 2.24) is 4.72 Å². The molecule has 21 heavy (non-hydrogen) atoms. The fourth-order valence-corrected chi connectivity index (χ4v) is 5.39. The summed E-state index contributed by atoms with van der Waals surface area (Å²) in [5.74, 6) is 1.07. The van der Waals surface area contributed by atoms with Gasteiger partial charge in [0.2, 0.25) is 10.0 Å². The topological polar surface area (TPSA) is 70.0 Å². The molecule has 6 heteroatoms. The number of nitriles is 1. The monoisotopic (exact) mass is 324 g/mol. The fraction of sp³-hybridized carbons (Fsp3) is 0.533. The lowest BCUT2D eigenvalue weighted by Crippen LogP contribution is -2.33. The average molecular weight is 324 g/mol. The first-order chi connectivity index (χ1) is 9.96. The van der Waals surface area contributed by atoms with Crippen molar-refractivity contribution < 1.29 is 8.42 Å². The van der Waals surface area contributed by atoms with Gasteiger partial charge in [0.25, 0.3) is 0 Å². The smallest absolute Gasteiger partial charge is 0.208 e. The van der Waals surface area contributed by atoms with Crippen LogP contribution in [0.25, 0.3) is 0 Å². The number of nitrogens with one attached hydrogen (secondary N) is 1. The maximum Gasteiger partial charge on any atom is 0.241 e. The van der Waals surface area contributed by atoms with E-state index in [4.69, 9.17) is 5.26 Å². The van der Waals surface area contributed by atoms with Gasteiger partial charge in [-0.1, -0.05) is 6.92 Å². The Morgan fingerprint density at radius 1 is 1.43 bits per heavy atom. The van der Waals surface area contributed by atoms with Crippen LogP contribution in [0.2, 0.25) is 0 Å². The lowest BCUT2D eigenvalue weighted by atomic mass is 10.2. The van der Waals surface area contributed by atoms with Crippen molar-refractivity contribution in [2.75, 3.05) is 5.75 Å². The highest BCUT2D eigenvalue weighted by Crippen LogP contribution is 2.30. The molecule has 1 aromatic carbocycles. The van der Waals surface area contributed by atoms with Crippen molar-refractivity contribution in [3.8, 4) is 6.07 Å². The van der Waals surface area contributed by atoms with E-state index in [9.17, 15) is 8.42 Å². The zero-order valence-electron chi connectivity index (χ0n) is 12.3. The zero-order chi connectivity index (χ0) is 15.5. The molecule has 2 unspecified atom stereocenters. The molecule has 0 radical (unpaired) electrons. The molecule has 1 N–H and O–H groups in total. The van der Waals surface area contributed by atoms with Crippen molar-refractivity contribution in [2.45, 2.75) is 49.3 Å². The summed E-state index contributed by atoms with van der Waals surface area (Å²) in [7, 11) is -3.51. The number of rotatable bonds is 5. The first kappa shape index (κ1) is 16.3. The molecular formula is C15H20N2O2S2. The molecule has 1 aliphatic rings. The van der Waals surface area contributed by atoms with Crippen molar-refractivity contribution >= 4 is 21.8 Å². The Labute approximate surface area is 131 Å². The summed E-state index contributed by atoms with van der Waals surface area (Å²) in [6.07, 6.45) is 2.86. The Kier molecular flexibility index (Phi) is 5.31. The van der Waals surface area contributed by atoms with Gasteiger partial charge >= 0.3 is 0 Å². The molecule has 2 atom stereocenters. The Morgan fingerprint density at radius 3 is 2.81 bits per heavy atom. The van der Waals surface area contributed by atoms with Crippen LogP contribution in [0.4, 0.5) is 0 Å². The van der Waals surface area contributed by atoms with E-state index in [0.29, 0.717) is 16.4 Å². The Balaban J connectivity index is 2.11. The minimum absolute atomic E-state index is 0.0223. The highest BCUT2D eigenvalue weighted by molar-refractivity contribution is 7.99. The molecule has 0 spiro atoms. The lowest BCUT2D eigenvalue weighted by Gasteiger charge is -2.15. The van der Waals surface area contributed by atoms with Gasteiger partial charge in [-0.25, -0.2) is 13.1 Å². The maximum absolute atomic E-state index is 12.5. The standard InChI is InChI=1S/C15H20N2O2S2/c1-3-20-14-6-5-13(9-14)17-21(18,19)15-7-4-12(10-16)8-11(15)2/h4,7-8,13-14,17H,3,5-6,9H2,1-2H3. The van der Waals surface area contributed by atoms with Crippen LogP contribution in [0.5, 0.6) is 0 Å². The molecule has 114 valence electrons. The highest BCUT2D eigenvalue weighted by Gasteiger charge is 2.29. The van der Waals surface area contributed by atoms with E-state index in [0.717, 1.165) is 25.0 Å². The summed E-state index contributed by atoms with van der Waals surface area (Å²) in [4.78, 5) is 0.271. The third-order valence-corrected chi connectivity index (χ3v) is 6.62. The molecule has 0 bridgehead atoms. The van der Waals surface area contributed by atoms with Crippen LogP contribution in [-0.4, -0.2) is 25.5 Å². The van der Waals surface area contributed by atoms with Crippen molar-refractivity contribution in [3.05, 3.63) is 29.3 Å². The van der Waals surface area contributed by atoms with Crippen LogP contribution in [0, 0.1) is 18.3 Å². The molecule has 0 saturated heterocycles. The van der Waals surface area contributed by atoms with Crippen LogP contribution in [0.15, 0.2) is 23.1 Å². The van der Waals surface area contributed by atoms with Crippen molar-refractivity contribution in [3.63, 3.8) is 0 Å². The normalized spacial score (nSPS) is 22.1. The van der Waals surface area contributed by atoms with Crippen LogP contribution in [-0.2, 0) is 10.0 Å². The maximum atomic E-state index is 12.5. The van der Waals surface area contributed by atoms with E-state index in [1.54, 1.807) is 19.1 Å². The highest BCUT2D eigenvalue weighted by atomic mass is 32.2. The average Bonchev–Trinajstić information content (AvgIpc) is 2.85. The number of aryl methyl sites for hydroxylation is 1. The number of hydrogen-bond acceptors (Lipinski definition) is 4. The van der Waals surface area contributed by atoms with Gasteiger partial charge in [-0.3, -0.25) is 0 Å². The second-order valence-corrected chi connectivity index (χ2v) is 8.56. The Hall–Kier alpha value is -1.03. The van der Waals surface area contributed by atoms with Crippen LogP contribution >= 0.6 is 11.8 Å². The molecule has 0 heterocycles. The van der Waals surface area contributed by atoms with E-state index in [-0.39, 0.29) is 10.9 Å². The minimum atomic E-state index is -3.51. The summed E-state index contributed by atoms with van der Waals surface area (Å²) in [5, 5.41) is 9.41. The molecule has 1 saturated carbocycles. The van der Waals surface area contributed by atoms with Gasteiger partial charge < -0.3 is 0 Å². The van der Waals surface area contributed by atoms with Crippen molar-refractivity contribution in [1.29, 1.82) is 5.26 Å². The van der Waals surface area contributed by atoms with Gasteiger partial charge in [0.1, 0.15) is 0 Å². The molecule has 1 fully saturated rings. The SMILES string of the molecule is CCSC1CCC(NS(=O)(=O)c2ccc(C#N)cc2C)C1. The number of nitrogens with zero attached hydrogens (tertiary/aromatic N) is 1. The summed E-state index contributed by atoms with van der Waals surface area (Å²) >= 11 is 1.90. The molecule has 2 rings (SSSR count). The first-order valence-corrected chi connectivity index (χ1v) is 9.64. The quantitative estimate of drug-likeness (QED) is 0.904. The minimum Gasteiger partial charge on any atom is -0.208 e. The predicted octanol–water partition coefficient (Wildman–Crippen LogP) is 2.82. The number of thioether (sulfide) groups is 1. The molecule has 0 aromatic heterocycles. The molecule has 0 aliphatic heterocycles. The first-order valence-electron chi connectivity index (χ1n) is 7.11. The predicted molar refractivity (Wildman–Crippen MR) is 85.8 cm³/mol. The number of benzene rings is 1. The number of hydrogen-bond donors (Lipinski definition) is 1. The van der Waals surface area contributed by atoms with E-state index in [1.807, 2.05) is 17.8 Å². The van der Waals surface area contributed by atoms with Gasteiger partial charge in [0.05, 0.1) is 16.5 Å². The van der Waals surface area contributed by atoms with Gasteiger partial charge in [-0.05, 0) is 55.7 Å². The molecule has 4 nitrogen and oxygen atoms in total. The molecular weight excluding hydrogens is 304 g/mol.